The van der Waals surface area contributed by atoms with Crippen molar-refractivity contribution in [3.8, 4) is 5.75 Å². The molecule has 132 valence electrons. The highest BCUT2D eigenvalue weighted by Crippen LogP contribution is 2.30. The summed E-state index contributed by atoms with van der Waals surface area (Å²) in [5.41, 5.74) is -0.959. The summed E-state index contributed by atoms with van der Waals surface area (Å²) in [5.74, 6) is -0.800. The van der Waals surface area contributed by atoms with E-state index in [9.17, 15) is 27.9 Å². The zero-order valence-corrected chi connectivity index (χ0v) is 14.1. The average Bonchev–Trinajstić information content (AvgIpc) is 2.54. The number of hydrogen-bond acceptors (Lipinski definition) is 3. The zero-order valence-electron chi connectivity index (χ0n) is 12.5. The third-order valence-corrected chi connectivity index (χ3v) is 3.61. The molecule has 2 amide bonds. The van der Waals surface area contributed by atoms with Gasteiger partial charge >= 0.3 is 12.2 Å². The van der Waals surface area contributed by atoms with E-state index in [0.29, 0.717) is 4.47 Å². The van der Waals surface area contributed by atoms with Gasteiger partial charge in [-0.1, -0.05) is 22.0 Å². The van der Waals surface area contributed by atoms with Gasteiger partial charge < -0.3 is 15.7 Å². The van der Waals surface area contributed by atoms with Crippen molar-refractivity contribution in [1.82, 2.24) is 5.32 Å². The lowest BCUT2D eigenvalue weighted by Gasteiger charge is -2.11. The van der Waals surface area contributed by atoms with E-state index in [1.165, 1.54) is 18.2 Å². The first-order valence-corrected chi connectivity index (χ1v) is 7.70. The van der Waals surface area contributed by atoms with E-state index in [2.05, 4.69) is 26.6 Å². The van der Waals surface area contributed by atoms with Gasteiger partial charge in [0.25, 0.3) is 0 Å². The number of aromatic hydroxyl groups is 1. The number of anilines is 1. The lowest BCUT2D eigenvalue weighted by atomic mass is 10.1. The molecule has 0 heterocycles. The van der Waals surface area contributed by atoms with Crippen LogP contribution < -0.4 is 10.6 Å². The van der Waals surface area contributed by atoms with E-state index in [0.717, 1.165) is 18.2 Å². The molecule has 9 heteroatoms. The Labute approximate surface area is 149 Å². The molecule has 0 bridgehead atoms. The van der Waals surface area contributed by atoms with E-state index in [1.54, 1.807) is 6.07 Å². The maximum absolute atomic E-state index is 12.6. The smallest absolute Gasteiger partial charge is 0.416 e. The number of phenols is 1. The van der Waals surface area contributed by atoms with Crippen molar-refractivity contribution in [3.63, 3.8) is 0 Å². The second kappa shape index (κ2) is 7.56. The molecule has 0 radical (unpaired) electrons. The fraction of sp³-hybridized carbons (Fsp3) is 0.125. The summed E-state index contributed by atoms with van der Waals surface area (Å²) >= 11 is 3.16. The lowest BCUT2D eigenvalue weighted by molar-refractivity contribution is -0.137. The fourth-order valence-electron chi connectivity index (χ4n) is 1.94. The Balaban J connectivity index is 1.97. The van der Waals surface area contributed by atoms with Gasteiger partial charge in [-0.25, -0.2) is 4.79 Å². The van der Waals surface area contributed by atoms with Crippen LogP contribution in [0.1, 0.15) is 15.9 Å². The molecule has 0 aliphatic rings. The number of halogens is 4. The molecular formula is C16H12BrF3N2O3. The molecule has 25 heavy (non-hydrogen) atoms. The Morgan fingerprint density at radius 2 is 1.84 bits per heavy atom. The van der Waals surface area contributed by atoms with Crippen LogP contribution in [0.2, 0.25) is 0 Å². The van der Waals surface area contributed by atoms with Gasteiger partial charge in [-0.2, -0.15) is 13.2 Å². The third kappa shape index (κ3) is 5.21. The van der Waals surface area contributed by atoms with Crippen molar-refractivity contribution < 1.29 is 27.9 Å². The third-order valence-electron chi connectivity index (χ3n) is 3.12. The monoisotopic (exact) mass is 416 g/mol. The first-order chi connectivity index (χ1) is 11.7. The van der Waals surface area contributed by atoms with Crippen LogP contribution >= 0.6 is 15.9 Å². The highest BCUT2D eigenvalue weighted by atomic mass is 79.9. The molecule has 0 atom stereocenters. The molecule has 3 N–H and O–H groups in total. The van der Waals surface area contributed by atoms with Crippen LogP contribution in [0.5, 0.6) is 5.75 Å². The van der Waals surface area contributed by atoms with Gasteiger partial charge in [-0.05, 0) is 36.4 Å². The fourth-order valence-corrected chi connectivity index (χ4v) is 2.30. The Kier molecular flexibility index (Phi) is 5.68. The van der Waals surface area contributed by atoms with E-state index < -0.39 is 30.1 Å². The molecule has 2 rings (SSSR count). The maximum Gasteiger partial charge on any atom is 0.416 e. The summed E-state index contributed by atoms with van der Waals surface area (Å²) in [6.45, 7) is -0.436. The molecule has 0 saturated carbocycles. The largest absolute Gasteiger partial charge is 0.507 e. The number of benzene rings is 2. The molecule has 5 nitrogen and oxygen atoms in total. The van der Waals surface area contributed by atoms with Gasteiger partial charge in [-0.15, -0.1) is 0 Å². The first kappa shape index (κ1) is 18.8. The van der Waals surface area contributed by atoms with Crippen molar-refractivity contribution in [2.45, 2.75) is 6.18 Å². The number of phenolic OH excluding ortho intramolecular Hbond substituents is 1. The summed E-state index contributed by atoms with van der Waals surface area (Å²) in [5, 5.41) is 14.1. The van der Waals surface area contributed by atoms with Gasteiger partial charge in [0, 0.05) is 10.2 Å². The van der Waals surface area contributed by atoms with Crippen LogP contribution in [0.15, 0.2) is 46.9 Å². The van der Waals surface area contributed by atoms with Crippen molar-refractivity contribution >= 4 is 33.4 Å². The normalized spacial score (nSPS) is 11.0. The first-order valence-electron chi connectivity index (χ1n) is 6.90. The number of carbonyl (C=O) groups is 2. The molecule has 0 aliphatic heterocycles. The molecule has 0 fully saturated rings. The van der Waals surface area contributed by atoms with E-state index in [4.69, 9.17) is 0 Å². The molecule has 0 aromatic heterocycles. The van der Waals surface area contributed by atoms with Crippen LogP contribution in [0.3, 0.4) is 0 Å². The standard InChI is InChI=1S/C16H12BrF3N2O3/c17-10-4-5-13(23)12(7-10)14(24)8-21-15(25)22-11-3-1-2-9(6-11)16(18,19)20/h1-7,23H,8H2,(H2,21,22,25). The molecule has 0 spiro atoms. The topological polar surface area (TPSA) is 78.4 Å². The van der Waals surface area contributed by atoms with Crippen LogP contribution in [0.25, 0.3) is 0 Å². The minimum Gasteiger partial charge on any atom is -0.507 e. The Bertz CT molecular complexity index is 809. The van der Waals surface area contributed by atoms with Crippen molar-refractivity contribution in [1.29, 1.82) is 0 Å². The average molecular weight is 417 g/mol. The van der Waals surface area contributed by atoms with Crippen LogP contribution in [-0.2, 0) is 6.18 Å². The van der Waals surface area contributed by atoms with Crippen molar-refractivity contribution in [2.75, 3.05) is 11.9 Å². The number of nitrogens with one attached hydrogen (secondary N) is 2. The lowest BCUT2D eigenvalue weighted by Crippen LogP contribution is -2.33. The SMILES string of the molecule is O=C(NCC(=O)c1cc(Br)ccc1O)Nc1cccc(C(F)(F)F)c1. The quantitative estimate of drug-likeness (QED) is 0.654. The summed E-state index contributed by atoms with van der Waals surface area (Å²) in [4.78, 5) is 23.7. The zero-order chi connectivity index (χ0) is 18.6. The number of alkyl halides is 3. The maximum atomic E-state index is 12.6. The predicted octanol–water partition coefficient (Wildman–Crippen LogP) is 4.18. The molecule has 0 aliphatic carbocycles. The van der Waals surface area contributed by atoms with E-state index >= 15 is 0 Å². The second-order valence-corrected chi connectivity index (χ2v) is 5.89. The van der Waals surface area contributed by atoms with Crippen LogP contribution in [0.4, 0.5) is 23.7 Å². The Hall–Kier alpha value is -2.55. The summed E-state index contributed by atoms with van der Waals surface area (Å²) < 4.78 is 38.4. The molecule has 0 saturated heterocycles. The molecular weight excluding hydrogens is 405 g/mol. The Morgan fingerprint density at radius 1 is 1.12 bits per heavy atom. The molecule has 0 unspecified atom stereocenters. The van der Waals surface area contributed by atoms with Crippen molar-refractivity contribution in [2.24, 2.45) is 0 Å². The predicted molar refractivity (Wildman–Crippen MR) is 88.6 cm³/mol. The number of ketones is 1. The van der Waals surface area contributed by atoms with Gasteiger partial charge in [0.1, 0.15) is 5.75 Å². The van der Waals surface area contributed by atoms with Crippen LogP contribution in [-0.4, -0.2) is 23.5 Å². The molecule has 2 aromatic rings. The van der Waals surface area contributed by atoms with Crippen LogP contribution in [0, 0.1) is 0 Å². The van der Waals surface area contributed by atoms with Gasteiger partial charge in [0.05, 0.1) is 17.7 Å². The minimum atomic E-state index is -4.53. The van der Waals surface area contributed by atoms with Gasteiger partial charge in [0.15, 0.2) is 5.78 Å². The number of amides is 2. The summed E-state index contributed by atoms with van der Waals surface area (Å²) in [6.07, 6.45) is -4.53. The number of Topliss-reactive ketones (excluding diaryl/α,β-unsaturated/α-hetero) is 1. The van der Waals surface area contributed by atoms with Gasteiger partial charge in [0.2, 0.25) is 0 Å². The van der Waals surface area contributed by atoms with E-state index in [-0.39, 0.29) is 17.0 Å². The van der Waals surface area contributed by atoms with Crippen molar-refractivity contribution in [3.05, 3.63) is 58.1 Å². The number of urea groups is 1. The summed E-state index contributed by atoms with van der Waals surface area (Å²) in [7, 11) is 0. The number of hydrogen-bond donors (Lipinski definition) is 3. The highest BCUT2D eigenvalue weighted by molar-refractivity contribution is 9.10. The number of carbonyl (C=O) groups excluding carboxylic acids is 2. The van der Waals surface area contributed by atoms with E-state index in [1.807, 2.05) is 0 Å². The summed E-state index contributed by atoms with van der Waals surface area (Å²) in [6, 6.07) is 7.51. The minimum absolute atomic E-state index is 0.00810. The second-order valence-electron chi connectivity index (χ2n) is 4.97. The Morgan fingerprint density at radius 3 is 2.52 bits per heavy atom. The molecule has 2 aromatic carbocycles. The van der Waals surface area contributed by atoms with Gasteiger partial charge in [-0.3, -0.25) is 4.79 Å². The number of rotatable bonds is 4. The highest BCUT2D eigenvalue weighted by Gasteiger charge is 2.30.